The van der Waals surface area contributed by atoms with Gasteiger partial charge in [0.2, 0.25) is 0 Å². The van der Waals surface area contributed by atoms with Crippen molar-refractivity contribution in [3.05, 3.63) is 0 Å². The molecule has 2 saturated heterocycles. The van der Waals surface area contributed by atoms with Crippen molar-refractivity contribution in [3.63, 3.8) is 0 Å². The zero-order chi connectivity index (χ0) is 13.5. The third-order valence-electron chi connectivity index (χ3n) is 5.06. The lowest BCUT2D eigenvalue weighted by Crippen LogP contribution is -2.59. The zero-order valence-corrected chi connectivity index (χ0v) is 12.0. The van der Waals surface area contributed by atoms with Crippen LogP contribution in [0.3, 0.4) is 0 Å². The smallest absolute Gasteiger partial charge is 0.170 e. The summed E-state index contributed by atoms with van der Waals surface area (Å²) in [7, 11) is 2.17. The SMILES string of the molecule is CC1CN(C2CC3(CCC2O)OCCO3)CCN1C. The molecule has 2 aliphatic heterocycles. The molecule has 1 N–H and O–H groups in total. The summed E-state index contributed by atoms with van der Waals surface area (Å²) in [6.45, 7) is 6.76. The molecule has 0 bridgehead atoms. The highest BCUT2D eigenvalue weighted by Gasteiger charge is 2.47. The molecule has 0 aromatic carbocycles. The third-order valence-corrected chi connectivity index (χ3v) is 5.06. The average molecular weight is 270 g/mol. The number of hydrogen-bond acceptors (Lipinski definition) is 5. The van der Waals surface area contributed by atoms with Gasteiger partial charge in [-0.05, 0) is 20.4 Å². The lowest BCUT2D eigenvalue weighted by molar-refractivity contribution is -0.207. The van der Waals surface area contributed by atoms with Gasteiger partial charge in [-0.3, -0.25) is 4.90 Å². The second-order valence-electron chi connectivity index (χ2n) is 6.31. The van der Waals surface area contributed by atoms with Crippen LogP contribution < -0.4 is 0 Å². The van der Waals surface area contributed by atoms with Crippen molar-refractivity contribution in [2.75, 3.05) is 39.9 Å². The molecule has 3 atom stereocenters. The Morgan fingerprint density at radius 2 is 1.95 bits per heavy atom. The third kappa shape index (κ3) is 2.67. The lowest BCUT2D eigenvalue weighted by Gasteiger charge is -2.48. The Balaban J connectivity index is 1.68. The molecular formula is C14H26N2O3. The first kappa shape index (κ1) is 13.8. The molecule has 3 aliphatic rings. The first-order valence-electron chi connectivity index (χ1n) is 7.50. The second kappa shape index (κ2) is 5.30. The highest BCUT2D eigenvalue weighted by atomic mass is 16.7. The van der Waals surface area contributed by atoms with Crippen LogP contribution in [0.1, 0.15) is 26.2 Å². The fourth-order valence-corrected chi connectivity index (χ4v) is 3.63. The van der Waals surface area contributed by atoms with Gasteiger partial charge in [0.05, 0.1) is 19.3 Å². The molecule has 3 unspecified atom stereocenters. The summed E-state index contributed by atoms with van der Waals surface area (Å²) < 4.78 is 11.7. The van der Waals surface area contributed by atoms with Crippen LogP contribution in [0.25, 0.3) is 0 Å². The Morgan fingerprint density at radius 3 is 2.63 bits per heavy atom. The van der Waals surface area contributed by atoms with E-state index in [1.807, 2.05) is 0 Å². The van der Waals surface area contributed by atoms with Gasteiger partial charge >= 0.3 is 0 Å². The number of rotatable bonds is 1. The standard InChI is InChI=1S/C14H26N2O3/c1-11-10-16(6-5-15(11)2)12-9-14(4-3-13(12)17)18-7-8-19-14/h11-13,17H,3-10H2,1-2H3. The van der Waals surface area contributed by atoms with Gasteiger partial charge in [-0.2, -0.15) is 0 Å². The first-order valence-corrected chi connectivity index (χ1v) is 7.50. The van der Waals surface area contributed by atoms with Crippen LogP contribution in [-0.4, -0.2) is 78.8 Å². The summed E-state index contributed by atoms with van der Waals surface area (Å²) in [6, 6.07) is 0.729. The molecule has 0 aromatic heterocycles. The number of aliphatic hydroxyl groups is 1. The fraction of sp³-hybridized carbons (Fsp3) is 1.00. The number of piperazine rings is 1. The van der Waals surface area contributed by atoms with E-state index in [4.69, 9.17) is 9.47 Å². The van der Waals surface area contributed by atoms with E-state index in [9.17, 15) is 5.11 Å². The molecule has 1 spiro atoms. The van der Waals surface area contributed by atoms with Crippen LogP contribution in [0.2, 0.25) is 0 Å². The maximum Gasteiger partial charge on any atom is 0.170 e. The topological polar surface area (TPSA) is 45.2 Å². The molecule has 1 aliphatic carbocycles. The van der Waals surface area contributed by atoms with E-state index >= 15 is 0 Å². The first-order chi connectivity index (χ1) is 9.10. The maximum atomic E-state index is 10.4. The largest absolute Gasteiger partial charge is 0.391 e. The average Bonchev–Trinajstić information content (AvgIpc) is 2.85. The van der Waals surface area contributed by atoms with Crippen molar-refractivity contribution in [3.8, 4) is 0 Å². The molecular weight excluding hydrogens is 244 g/mol. The van der Waals surface area contributed by atoms with Gasteiger partial charge in [-0.1, -0.05) is 0 Å². The molecule has 0 amide bonds. The quantitative estimate of drug-likeness (QED) is 0.741. The Morgan fingerprint density at radius 1 is 1.21 bits per heavy atom. The van der Waals surface area contributed by atoms with Crippen LogP contribution in [0.15, 0.2) is 0 Å². The van der Waals surface area contributed by atoms with Crippen molar-refractivity contribution < 1.29 is 14.6 Å². The fourth-order valence-electron chi connectivity index (χ4n) is 3.63. The Bertz CT molecular complexity index is 320. The van der Waals surface area contributed by atoms with E-state index < -0.39 is 5.79 Å². The molecule has 0 aromatic rings. The van der Waals surface area contributed by atoms with Gasteiger partial charge in [-0.25, -0.2) is 0 Å². The van der Waals surface area contributed by atoms with Gasteiger partial charge in [0.15, 0.2) is 5.79 Å². The van der Waals surface area contributed by atoms with Crippen LogP contribution in [0.4, 0.5) is 0 Å². The van der Waals surface area contributed by atoms with Crippen LogP contribution >= 0.6 is 0 Å². The Hall–Kier alpha value is -0.200. The van der Waals surface area contributed by atoms with Crippen molar-refractivity contribution >= 4 is 0 Å². The molecule has 0 radical (unpaired) electrons. The molecule has 1 saturated carbocycles. The van der Waals surface area contributed by atoms with Gasteiger partial charge in [-0.15, -0.1) is 0 Å². The number of likely N-dealkylation sites (N-methyl/N-ethyl adjacent to an activating group) is 1. The minimum Gasteiger partial charge on any atom is -0.391 e. The predicted molar refractivity (Wildman–Crippen MR) is 71.9 cm³/mol. The summed E-state index contributed by atoms with van der Waals surface area (Å²) >= 11 is 0. The summed E-state index contributed by atoms with van der Waals surface area (Å²) in [5, 5.41) is 10.4. The van der Waals surface area contributed by atoms with Gasteiger partial charge in [0, 0.05) is 44.6 Å². The Labute approximate surface area is 115 Å². The normalized spacial score (nSPS) is 40.9. The second-order valence-corrected chi connectivity index (χ2v) is 6.31. The van der Waals surface area contributed by atoms with E-state index in [1.165, 1.54) is 0 Å². The molecule has 3 rings (SSSR count). The summed E-state index contributed by atoms with van der Waals surface area (Å²) in [5.41, 5.74) is 0. The molecule has 3 fully saturated rings. The monoisotopic (exact) mass is 270 g/mol. The minimum atomic E-state index is -0.406. The maximum absolute atomic E-state index is 10.4. The van der Waals surface area contributed by atoms with Gasteiger partial charge in [0.25, 0.3) is 0 Å². The van der Waals surface area contributed by atoms with Crippen molar-refractivity contribution in [2.24, 2.45) is 0 Å². The van der Waals surface area contributed by atoms with E-state index in [1.54, 1.807) is 0 Å². The van der Waals surface area contributed by atoms with Crippen molar-refractivity contribution in [1.82, 2.24) is 9.80 Å². The van der Waals surface area contributed by atoms with Gasteiger partial charge < -0.3 is 19.5 Å². The summed E-state index contributed by atoms with van der Waals surface area (Å²) in [4.78, 5) is 4.81. The Kier molecular flexibility index (Phi) is 3.84. The van der Waals surface area contributed by atoms with E-state index in [0.717, 1.165) is 38.9 Å². The molecule has 5 heteroatoms. The minimum absolute atomic E-state index is 0.183. The highest BCUT2D eigenvalue weighted by molar-refractivity contribution is 4.95. The van der Waals surface area contributed by atoms with E-state index in [-0.39, 0.29) is 12.1 Å². The highest BCUT2D eigenvalue weighted by Crippen LogP contribution is 2.38. The molecule has 2 heterocycles. The number of ether oxygens (including phenoxy) is 2. The van der Waals surface area contributed by atoms with Crippen molar-refractivity contribution in [2.45, 2.75) is 50.2 Å². The lowest BCUT2D eigenvalue weighted by atomic mass is 9.86. The van der Waals surface area contributed by atoms with Crippen LogP contribution in [0.5, 0.6) is 0 Å². The number of nitrogens with zero attached hydrogens (tertiary/aromatic N) is 2. The van der Waals surface area contributed by atoms with Crippen molar-refractivity contribution in [1.29, 1.82) is 0 Å². The van der Waals surface area contributed by atoms with Gasteiger partial charge in [0.1, 0.15) is 0 Å². The predicted octanol–water partition coefficient (Wildman–Crippen LogP) is 0.279. The summed E-state index contributed by atoms with van der Waals surface area (Å²) in [5.74, 6) is -0.406. The molecule has 19 heavy (non-hydrogen) atoms. The summed E-state index contributed by atoms with van der Waals surface area (Å²) in [6.07, 6.45) is 2.18. The van der Waals surface area contributed by atoms with Crippen LogP contribution in [0, 0.1) is 0 Å². The zero-order valence-electron chi connectivity index (χ0n) is 12.0. The van der Waals surface area contributed by atoms with E-state index in [0.29, 0.717) is 19.3 Å². The van der Waals surface area contributed by atoms with Crippen LogP contribution in [-0.2, 0) is 9.47 Å². The molecule has 5 nitrogen and oxygen atoms in total. The number of hydrogen-bond donors (Lipinski definition) is 1. The van der Waals surface area contributed by atoms with E-state index in [2.05, 4.69) is 23.8 Å². The molecule has 110 valence electrons. The number of aliphatic hydroxyl groups excluding tert-OH is 1.